The molecule has 0 saturated carbocycles. The summed E-state index contributed by atoms with van der Waals surface area (Å²) in [5, 5.41) is 0.451. The molecule has 0 spiro atoms. The van der Waals surface area contributed by atoms with E-state index in [0.29, 0.717) is 40.7 Å². The SMILES string of the molecule is CCC1Oc2ccc(NS(=O)(=O)c3ccc(Cl)cc3)cc2CN(Cc2cccc(OC)c2)C1=O. The number of carbonyl (C=O) groups is 1. The van der Waals surface area contributed by atoms with Gasteiger partial charge < -0.3 is 14.4 Å². The van der Waals surface area contributed by atoms with E-state index in [1.807, 2.05) is 31.2 Å². The molecule has 0 aromatic heterocycles. The lowest BCUT2D eigenvalue weighted by Gasteiger charge is -2.23. The van der Waals surface area contributed by atoms with Crippen molar-refractivity contribution in [3.63, 3.8) is 0 Å². The van der Waals surface area contributed by atoms with Crippen LogP contribution in [0.3, 0.4) is 0 Å². The van der Waals surface area contributed by atoms with Crippen LogP contribution in [0.1, 0.15) is 24.5 Å². The summed E-state index contributed by atoms with van der Waals surface area (Å²) in [5.74, 6) is 1.15. The summed E-state index contributed by atoms with van der Waals surface area (Å²) < 4.78 is 39.5. The van der Waals surface area contributed by atoms with Crippen LogP contribution < -0.4 is 14.2 Å². The molecule has 1 aliphatic heterocycles. The molecule has 3 aromatic rings. The summed E-state index contributed by atoms with van der Waals surface area (Å²) in [5.41, 5.74) is 2.01. The van der Waals surface area contributed by atoms with Gasteiger partial charge in [-0.15, -0.1) is 0 Å². The standard InChI is InChI=1S/C25H25ClN2O5S/c1-3-23-25(29)28(15-17-5-4-6-21(13-17)32-2)16-18-14-20(9-12-24(18)33-23)27-34(30,31)22-10-7-19(26)8-11-22/h4-14,23,27H,3,15-16H2,1-2H3. The van der Waals surface area contributed by atoms with E-state index in [9.17, 15) is 13.2 Å². The maximum Gasteiger partial charge on any atom is 0.264 e. The predicted molar refractivity (Wildman–Crippen MR) is 131 cm³/mol. The molecule has 1 atom stereocenters. The van der Waals surface area contributed by atoms with E-state index >= 15 is 0 Å². The summed E-state index contributed by atoms with van der Waals surface area (Å²) in [6.45, 7) is 2.54. The second kappa shape index (κ2) is 9.95. The van der Waals surface area contributed by atoms with Crippen molar-refractivity contribution in [2.75, 3.05) is 11.8 Å². The Balaban J connectivity index is 1.62. The Bertz CT molecular complexity index is 1290. The number of hydrogen-bond donors (Lipinski definition) is 1. The number of fused-ring (bicyclic) bond motifs is 1. The molecule has 9 heteroatoms. The average molecular weight is 501 g/mol. The summed E-state index contributed by atoms with van der Waals surface area (Å²) in [7, 11) is -2.21. The fourth-order valence-electron chi connectivity index (χ4n) is 3.78. The molecular weight excluding hydrogens is 476 g/mol. The molecule has 7 nitrogen and oxygen atoms in total. The van der Waals surface area contributed by atoms with Crippen LogP contribution in [-0.4, -0.2) is 32.4 Å². The van der Waals surface area contributed by atoms with Crippen molar-refractivity contribution >= 4 is 33.2 Å². The van der Waals surface area contributed by atoms with Crippen LogP contribution in [0, 0.1) is 0 Å². The number of benzene rings is 3. The minimum atomic E-state index is -3.81. The Morgan fingerprint density at radius 1 is 1.12 bits per heavy atom. The quantitative estimate of drug-likeness (QED) is 0.501. The van der Waals surface area contributed by atoms with Crippen molar-refractivity contribution < 1.29 is 22.7 Å². The topological polar surface area (TPSA) is 84.9 Å². The van der Waals surface area contributed by atoms with Gasteiger partial charge in [-0.05, 0) is 66.6 Å². The second-order valence-corrected chi connectivity index (χ2v) is 10.1. The zero-order valence-corrected chi connectivity index (χ0v) is 20.4. The van der Waals surface area contributed by atoms with Gasteiger partial charge in [-0.2, -0.15) is 0 Å². The van der Waals surface area contributed by atoms with Gasteiger partial charge in [0.2, 0.25) is 0 Å². The van der Waals surface area contributed by atoms with Crippen molar-refractivity contribution in [2.24, 2.45) is 0 Å². The van der Waals surface area contributed by atoms with E-state index in [-0.39, 0.29) is 17.3 Å². The van der Waals surface area contributed by atoms with Crippen molar-refractivity contribution in [2.45, 2.75) is 37.4 Å². The van der Waals surface area contributed by atoms with Crippen molar-refractivity contribution in [1.29, 1.82) is 0 Å². The molecule has 1 heterocycles. The van der Waals surface area contributed by atoms with Gasteiger partial charge in [-0.3, -0.25) is 9.52 Å². The molecule has 4 rings (SSSR count). The summed E-state index contributed by atoms with van der Waals surface area (Å²) in [4.78, 5) is 15.0. The molecule has 0 fully saturated rings. The number of nitrogens with one attached hydrogen (secondary N) is 1. The number of amides is 1. The first-order chi connectivity index (χ1) is 16.3. The lowest BCUT2D eigenvalue weighted by atomic mass is 10.1. The molecule has 3 aromatic carbocycles. The van der Waals surface area contributed by atoms with Crippen LogP contribution in [0.25, 0.3) is 0 Å². The molecule has 0 bridgehead atoms. The molecule has 178 valence electrons. The zero-order chi connectivity index (χ0) is 24.3. The van der Waals surface area contributed by atoms with Crippen LogP contribution >= 0.6 is 11.6 Å². The third kappa shape index (κ3) is 5.29. The number of sulfonamides is 1. The summed E-state index contributed by atoms with van der Waals surface area (Å²) in [6, 6.07) is 18.5. The fraction of sp³-hybridized carbons (Fsp3) is 0.240. The van der Waals surface area contributed by atoms with Gasteiger partial charge in [0.1, 0.15) is 11.5 Å². The van der Waals surface area contributed by atoms with Crippen LogP contribution in [-0.2, 0) is 27.9 Å². The number of methoxy groups -OCH3 is 1. The predicted octanol–water partition coefficient (Wildman–Crippen LogP) is 4.85. The maximum atomic E-state index is 13.2. The van der Waals surface area contributed by atoms with Crippen LogP contribution in [0.5, 0.6) is 11.5 Å². The van der Waals surface area contributed by atoms with E-state index in [1.165, 1.54) is 24.3 Å². The number of rotatable bonds is 7. The van der Waals surface area contributed by atoms with Gasteiger partial charge in [-0.1, -0.05) is 30.7 Å². The largest absolute Gasteiger partial charge is 0.497 e. The van der Waals surface area contributed by atoms with E-state index in [2.05, 4.69) is 4.72 Å². The highest BCUT2D eigenvalue weighted by Gasteiger charge is 2.30. The van der Waals surface area contributed by atoms with Gasteiger partial charge in [0.15, 0.2) is 6.10 Å². The third-order valence-electron chi connectivity index (χ3n) is 5.53. The first-order valence-corrected chi connectivity index (χ1v) is 12.6. The third-order valence-corrected chi connectivity index (χ3v) is 7.18. The smallest absolute Gasteiger partial charge is 0.264 e. The van der Waals surface area contributed by atoms with Crippen LogP contribution in [0.15, 0.2) is 71.6 Å². The number of nitrogens with zero attached hydrogens (tertiary/aromatic N) is 1. The molecule has 0 radical (unpaired) electrons. The maximum absolute atomic E-state index is 13.2. The number of anilines is 1. The number of ether oxygens (including phenoxy) is 2. The van der Waals surface area contributed by atoms with E-state index in [4.69, 9.17) is 21.1 Å². The summed E-state index contributed by atoms with van der Waals surface area (Å²) >= 11 is 5.87. The molecule has 1 aliphatic rings. The number of halogens is 1. The van der Waals surface area contributed by atoms with E-state index in [1.54, 1.807) is 30.2 Å². The van der Waals surface area contributed by atoms with Crippen molar-refractivity contribution in [3.05, 3.63) is 82.9 Å². The molecular formula is C25H25ClN2O5S. The van der Waals surface area contributed by atoms with Crippen LogP contribution in [0.4, 0.5) is 5.69 Å². The zero-order valence-electron chi connectivity index (χ0n) is 18.8. The van der Waals surface area contributed by atoms with Gasteiger partial charge in [0.05, 0.1) is 12.0 Å². The Hall–Kier alpha value is -3.23. The number of carbonyl (C=O) groups excluding carboxylic acids is 1. The minimum Gasteiger partial charge on any atom is -0.497 e. The Morgan fingerprint density at radius 2 is 1.88 bits per heavy atom. The number of hydrogen-bond acceptors (Lipinski definition) is 5. The molecule has 1 N–H and O–H groups in total. The van der Waals surface area contributed by atoms with Crippen molar-refractivity contribution in [1.82, 2.24) is 4.90 Å². The van der Waals surface area contributed by atoms with Crippen LogP contribution in [0.2, 0.25) is 5.02 Å². The lowest BCUT2D eigenvalue weighted by Crippen LogP contribution is -2.38. The Labute approximate surface area is 204 Å². The van der Waals surface area contributed by atoms with Gasteiger partial charge in [-0.25, -0.2) is 8.42 Å². The highest BCUT2D eigenvalue weighted by molar-refractivity contribution is 7.92. The summed E-state index contributed by atoms with van der Waals surface area (Å²) in [6.07, 6.45) is -0.110. The van der Waals surface area contributed by atoms with E-state index < -0.39 is 16.1 Å². The molecule has 34 heavy (non-hydrogen) atoms. The first-order valence-electron chi connectivity index (χ1n) is 10.8. The Morgan fingerprint density at radius 3 is 2.59 bits per heavy atom. The molecule has 0 saturated heterocycles. The Kier molecular flexibility index (Phi) is 7.00. The minimum absolute atomic E-state index is 0.101. The average Bonchev–Trinajstić information content (AvgIpc) is 2.95. The highest BCUT2D eigenvalue weighted by atomic mass is 35.5. The highest BCUT2D eigenvalue weighted by Crippen LogP contribution is 2.31. The second-order valence-electron chi connectivity index (χ2n) is 7.94. The molecule has 1 unspecified atom stereocenters. The van der Waals surface area contributed by atoms with Crippen molar-refractivity contribution in [3.8, 4) is 11.5 Å². The lowest BCUT2D eigenvalue weighted by molar-refractivity contribution is -0.139. The molecule has 0 aliphatic carbocycles. The van der Waals surface area contributed by atoms with Gasteiger partial charge >= 0.3 is 0 Å². The fourth-order valence-corrected chi connectivity index (χ4v) is 4.96. The normalized spacial score (nSPS) is 15.8. The van der Waals surface area contributed by atoms with Gasteiger partial charge in [0.25, 0.3) is 15.9 Å². The monoisotopic (exact) mass is 500 g/mol. The van der Waals surface area contributed by atoms with Gasteiger partial charge in [0, 0.05) is 29.4 Å². The first kappa shape index (κ1) is 23.9. The van der Waals surface area contributed by atoms with E-state index in [0.717, 1.165) is 5.56 Å². The molecule has 1 amide bonds.